The zero-order valence-electron chi connectivity index (χ0n) is 10.6. The standard InChI is InChI=1S/C14H23NO/c1-11(2)5-4-8-16-14-7-6-13(10-15)9-12(14)3/h6-7,9,11H,4-5,8,10,15H2,1-3H3. The highest BCUT2D eigenvalue weighted by Crippen LogP contribution is 2.19. The Bertz CT molecular complexity index is 321. The van der Waals surface area contributed by atoms with Gasteiger partial charge in [-0.2, -0.15) is 0 Å². The van der Waals surface area contributed by atoms with Crippen LogP contribution in [0.2, 0.25) is 0 Å². The molecule has 90 valence electrons. The summed E-state index contributed by atoms with van der Waals surface area (Å²) >= 11 is 0. The lowest BCUT2D eigenvalue weighted by molar-refractivity contribution is 0.296. The number of hydrogen-bond donors (Lipinski definition) is 1. The van der Waals surface area contributed by atoms with Gasteiger partial charge in [0.1, 0.15) is 5.75 Å². The summed E-state index contributed by atoms with van der Waals surface area (Å²) in [5, 5.41) is 0. The summed E-state index contributed by atoms with van der Waals surface area (Å²) in [7, 11) is 0. The van der Waals surface area contributed by atoms with Crippen LogP contribution in [0.3, 0.4) is 0 Å². The highest BCUT2D eigenvalue weighted by molar-refractivity contribution is 5.36. The van der Waals surface area contributed by atoms with Gasteiger partial charge in [0.05, 0.1) is 6.61 Å². The van der Waals surface area contributed by atoms with Crippen molar-refractivity contribution in [2.45, 2.75) is 40.2 Å². The maximum atomic E-state index is 5.75. The summed E-state index contributed by atoms with van der Waals surface area (Å²) in [5.74, 6) is 1.74. The van der Waals surface area contributed by atoms with Crippen molar-refractivity contribution in [1.82, 2.24) is 0 Å². The number of rotatable bonds is 6. The van der Waals surface area contributed by atoms with Gasteiger partial charge >= 0.3 is 0 Å². The fourth-order valence-corrected chi connectivity index (χ4v) is 1.67. The summed E-state index contributed by atoms with van der Waals surface area (Å²) in [6.45, 7) is 7.94. The van der Waals surface area contributed by atoms with E-state index in [1.165, 1.54) is 12.0 Å². The van der Waals surface area contributed by atoms with E-state index in [4.69, 9.17) is 10.5 Å². The molecule has 2 heteroatoms. The van der Waals surface area contributed by atoms with Crippen molar-refractivity contribution < 1.29 is 4.74 Å². The largest absolute Gasteiger partial charge is 0.493 e. The second kappa shape index (κ2) is 6.54. The molecule has 0 aliphatic rings. The molecule has 0 heterocycles. The molecule has 1 aromatic rings. The molecule has 16 heavy (non-hydrogen) atoms. The van der Waals surface area contributed by atoms with Gasteiger partial charge in [-0.25, -0.2) is 0 Å². The Labute approximate surface area is 98.8 Å². The maximum absolute atomic E-state index is 5.75. The Morgan fingerprint density at radius 2 is 2.06 bits per heavy atom. The summed E-state index contributed by atoms with van der Waals surface area (Å²) in [6.07, 6.45) is 2.34. The lowest BCUT2D eigenvalue weighted by Gasteiger charge is -2.11. The Morgan fingerprint density at radius 1 is 1.31 bits per heavy atom. The summed E-state index contributed by atoms with van der Waals surface area (Å²) in [4.78, 5) is 0. The first-order valence-electron chi connectivity index (χ1n) is 6.06. The first-order chi connectivity index (χ1) is 7.63. The van der Waals surface area contributed by atoms with Gasteiger partial charge in [-0.15, -0.1) is 0 Å². The number of hydrogen-bond acceptors (Lipinski definition) is 2. The molecule has 0 radical (unpaired) electrons. The fourth-order valence-electron chi connectivity index (χ4n) is 1.67. The molecule has 0 aliphatic heterocycles. The van der Waals surface area contributed by atoms with E-state index in [1.54, 1.807) is 0 Å². The highest BCUT2D eigenvalue weighted by atomic mass is 16.5. The van der Waals surface area contributed by atoms with Gasteiger partial charge in [-0.1, -0.05) is 26.0 Å². The van der Waals surface area contributed by atoms with Crippen LogP contribution < -0.4 is 10.5 Å². The van der Waals surface area contributed by atoms with Crippen LogP contribution in [0.25, 0.3) is 0 Å². The van der Waals surface area contributed by atoms with Gasteiger partial charge in [0.2, 0.25) is 0 Å². The molecule has 0 saturated heterocycles. The minimum Gasteiger partial charge on any atom is -0.493 e. The van der Waals surface area contributed by atoms with Gasteiger partial charge in [0.15, 0.2) is 0 Å². The Hall–Kier alpha value is -1.02. The Balaban J connectivity index is 2.42. The topological polar surface area (TPSA) is 35.2 Å². The van der Waals surface area contributed by atoms with Gasteiger partial charge in [-0.05, 0) is 42.9 Å². The van der Waals surface area contributed by atoms with Crippen molar-refractivity contribution in [3.05, 3.63) is 29.3 Å². The first-order valence-corrected chi connectivity index (χ1v) is 6.06. The van der Waals surface area contributed by atoms with Crippen LogP contribution in [0.5, 0.6) is 5.75 Å². The van der Waals surface area contributed by atoms with Crippen molar-refractivity contribution in [2.24, 2.45) is 11.7 Å². The predicted molar refractivity (Wildman–Crippen MR) is 68.6 cm³/mol. The first kappa shape index (κ1) is 13.0. The lowest BCUT2D eigenvalue weighted by atomic mass is 10.1. The smallest absolute Gasteiger partial charge is 0.122 e. The van der Waals surface area contributed by atoms with E-state index in [9.17, 15) is 0 Å². The van der Waals surface area contributed by atoms with Crippen molar-refractivity contribution in [3.8, 4) is 5.75 Å². The summed E-state index contributed by atoms with van der Waals surface area (Å²) in [6, 6.07) is 6.15. The van der Waals surface area contributed by atoms with Crippen LogP contribution in [-0.4, -0.2) is 6.61 Å². The van der Waals surface area contributed by atoms with Crippen molar-refractivity contribution in [3.63, 3.8) is 0 Å². The Morgan fingerprint density at radius 3 is 2.62 bits per heavy atom. The van der Waals surface area contributed by atoms with Crippen LogP contribution in [0.1, 0.15) is 37.8 Å². The van der Waals surface area contributed by atoms with Gasteiger partial charge in [0.25, 0.3) is 0 Å². The van der Waals surface area contributed by atoms with E-state index in [0.29, 0.717) is 6.54 Å². The Kier molecular flexibility index (Phi) is 5.33. The third-order valence-electron chi connectivity index (χ3n) is 2.66. The second-order valence-corrected chi connectivity index (χ2v) is 4.69. The SMILES string of the molecule is Cc1cc(CN)ccc1OCCCC(C)C. The van der Waals surface area contributed by atoms with E-state index in [0.717, 1.165) is 30.3 Å². The van der Waals surface area contributed by atoms with Gasteiger partial charge in [-0.3, -0.25) is 0 Å². The third kappa shape index (κ3) is 4.23. The minimum absolute atomic E-state index is 0.592. The maximum Gasteiger partial charge on any atom is 0.122 e. The van der Waals surface area contributed by atoms with E-state index < -0.39 is 0 Å². The van der Waals surface area contributed by atoms with Gasteiger partial charge in [0, 0.05) is 6.54 Å². The number of aryl methyl sites for hydroxylation is 1. The number of ether oxygens (including phenoxy) is 1. The third-order valence-corrected chi connectivity index (χ3v) is 2.66. The molecule has 0 aromatic heterocycles. The van der Waals surface area contributed by atoms with Crippen LogP contribution in [0, 0.1) is 12.8 Å². The molecular formula is C14H23NO. The molecule has 0 unspecified atom stereocenters. The molecule has 1 rings (SSSR count). The zero-order valence-corrected chi connectivity index (χ0v) is 10.6. The number of nitrogens with two attached hydrogens (primary N) is 1. The van der Waals surface area contributed by atoms with Crippen LogP contribution >= 0.6 is 0 Å². The van der Waals surface area contributed by atoms with Crippen LogP contribution in [0.15, 0.2) is 18.2 Å². The molecule has 0 fully saturated rings. The molecule has 2 N–H and O–H groups in total. The molecular weight excluding hydrogens is 198 g/mol. The average molecular weight is 221 g/mol. The lowest BCUT2D eigenvalue weighted by Crippen LogP contribution is -2.02. The van der Waals surface area contributed by atoms with Crippen LogP contribution in [-0.2, 0) is 6.54 Å². The van der Waals surface area contributed by atoms with Crippen molar-refractivity contribution >= 4 is 0 Å². The quantitative estimate of drug-likeness (QED) is 0.748. The molecule has 0 saturated carbocycles. The molecule has 0 spiro atoms. The highest BCUT2D eigenvalue weighted by Gasteiger charge is 2.01. The second-order valence-electron chi connectivity index (χ2n) is 4.69. The van der Waals surface area contributed by atoms with Gasteiger partial charge < -0.3 is 10.5 Å². The predicted octanol–water partition coefficient (Wildman–Crippen LogP) is 3.27. The minimum atomic E-state index is 0.592. The van der Waals surface area contributed by atoms with E-state index in [2.05, 4.69) is 26.8 Å². The zero-order chi connectivity index (χ0) is 12.0. The monoisotopic (exact) mass is 221 g/mol. The molecule has 0 atom stereocenters. The fraction of sp³-hybridized carbons (Fsp3) is 0.571. The molecule has 0 amide bonds. The van der Waals surface area contributed by atoms with Crippen LogP contribution in [0.4, 0.5) is 0 Å². The number of benzene rings is 1. The summed E-state index contributed by atoms with van der Waals surface area (Å²) < 4.78 is 5.75. The summed E-state index contributed by atoms with van der Waals surface area (Å²) in [5.41, 5.74) is 7.92. The van der Waals surface area contributed by atoms with E-state index >= 15 is 0 Å². The molecule has 1 aromatic carbocycles. The average Bonchev–Trinajstić information content (AvgIpc) is 2.25. The van der Waals surface area contributed by atoms with E-state index in [-0.39, 0.29) is 0 Å². The van der Waals surface area contributed by atoms with Crippen molar-refractivity contribution in [1.29, 1.82) is 0 Å². The van der Waals surface area contributed by atoms with Crippen molar-refractivity contribution in [2.75, 3.05) is 6.61 Å². The molecule has 0 aliphatic carbocycles. The molecule has 0 bridgehead atoms. The molecule has 2 nitrogen and oxygen atoms in total. The van der Waals surface area contributed by atoms with E-state index in [1.807, 2.05) is 12.1 Å². The normalized spacial score (nSPS) is 10.8.